The van der Waals surface area contributed by atoms with Gasteiger partial charge in [-0.1, -0.05) is 13.8 Å². The quantitative estimate of drug-likeness (QED) is 0.309. The van der Waals surface area contributed by atoms with Gasteiger partial charge in [0.1, 0.15) is 5.78 Å². The van der Waals surface area contributed by atoms with Crippen LogP contribution in [0.2, 0.25) is 0 Å². The fourth-order valence-corrected chi connectivity index (χ4v) is 5.05. The Bertz CT molecular complexity index is 733. The number of hydrogen-bond donors (Lipinski definition) is 0. The first-order valence-corrected chi connectivity index (χ1v) is 12.5. The molecule has 34 heavy (non-hydrogen) atoms. The molecule has 2 fully saturated rings. The van der Waals surface area contributed by atoms with Crippen LogP contribution in [0.15, 0.2) is 0 Å². The molecule has 0 aromatic carbocycles. The van der Waals surface area contributed by atoms with Gasteiger partial charge in [-0.05, 0) is 44.9 Å². The van der Waals surface area contributed by atoms with Gasteiger partial charge >= 0.3 is 11.9 Å². The third kappa shape index (κ3) is 8.18. The van der Waals surface area contributed by atoms with Crippen molar-refractivity contribution in [2.45, 2.75) is 78.7 Å². The third-order valence-corrected chi connectivity index (χ3v) is 6.59. The smallest absolute Gasteiger partial charge is 0.308 e. The van der Waals surface area contributed by atoms with Gasteiger partial charge in [0.05, 0.1) is 38.8 Å². The SMILES string of the molecule is CCOC(=O)CCO[C@H](CC1CC(=O)N(CCC(=O)OCC)C(=O)C1)C1C[C@@H](C)CC(C)C1=O. The van der Waals surface area contributed by atoms with Crippen molar-refractivity contribution in [1.82, 2.24) is 4.90 Å². The van der Waals surface area contributed by atoms with E-state index in [1.54, 1.807) is 13.8 Å². The van der Waals surface area contributed by atoms with Gasteiger partial charge in [0.15, 0.2) is 0 Å². The average molecular weight is 482 g/mol. The monoisotopic (exact) mass is 481 g/mol. The molecule has 0 aromatic heterocycles. The van der Waals surface area contributed by atoms with Gasteiger partial charge in [0.25, 0.3) is 0 Å². The Morgan fingerprint density at radius 1 is 0.941 bits per heavy atom. The summed E-state index contributed by atoms with van der Waals surface area (Å²) in [6, 6.07) is 0. The number of amides is 2. The molecular weight excluding hydrogens is 442 g/mol. The largest absolute Gasteiger partial charge is 0.466 e. The van der Waals surface area contributed by atoms with E-state index in [1.807, 2.05) is 6.92 Å². The summed E-state index contributed by atoms with van der Waals surface area (Å²) >= 11 is 0. The summed E-state index contributed by atoms with van der Waals surface area (Å²) < 4.78 is 15.9. The molecule has 2 rings (SSSR count). The van der Waals surface area contributed by atoms with Gasteiger partial charge < -0.3 is 14.2 Å². The van der Waals surface area contributed by atoms with E-state index in [1.165, 1.54) is 0 Å². The maximum Gasteiger partial charge on any atom is 0.308 e. The second-order valence-corrected chi connectivity index (χ2v) is 9.45. The van der Waals surface area contributed by atoms with E-state index < -0.39 is 12.1 Å². The number of rotatable bonds is 12. The zero-order valence-corrected chi connectivity index (χ0v) is 20.9. The highest BCUT2D eigenvalue weighted by Crippen LogP contribution is 2.36. The normalized spacial score (nSPS) is 24.8. The lowest BCUT2D eigenvalue weighted by atomic mass is 9.71. The lowest BCUT2D eigenvalue weighted by Crippen LogP contribution is -2.46. The number of piperidine rings is 1. The minimum atomic E-state index is -0.469. The van der Waals surface area contributed by atoms with Crippen molar-refractivity contribution in [3.05, 3.63) is 0 Å². The molecule has 2 unspecified atom stereocenters. The summed E-state index contributed by atoms with van der Waals surface area (Å²) in [5.74, 6) is -1.61. The van der Waals surface area contributed by atoms with Crippen LogP contribution >= 0.6 is 0 Å². The van der Waals surface area contributed by atoms with Crippen molar-refractivity contribution in [3.8, 4) is 0 Å². The first-order chi connectivity index (χ1) is 16.2. The number of hydrogen-bond acceptors (Lipinski definition) is 8. The Hall–Kier alpha value is -2.29. The van der Waals surface area contributed by atoms with E-state index in [-0.39, 0.29) is 93.4 Å². The predicted octanol–water partition coefficient (Wildman–Crippen LogP) is 2.68. The fourth-order valence-electron chi connectivity index (χ4n) is 5.05. The van der Waals surface area contributed by atoms with Crippen LogP contribution in [0.4, 0.5) is 0 Å². The Morgan fingerprint density at radius 2 is 1.53 bits per heavy atom. The Kier molecular flexibility index (Phi) is 11.1. The van der Waals surface area contributed by atoms with Crippen molar-refractivity contribution in [3.63, 3.8) is 0 Å². The van der Waals surface area contributed by atoms with Gasteiger partial charge in [-0.2, -0.15) is 0 Å². The number of Topliss-reactive ketones (excluding diaryl/α,β-unsaturated/α-hetero) is 1. The van der Waals surface area contributed by atoms with E-state index in [2.05, 4.69) is 6.92 Å². The van der Waals surface area contributed by atoms with Gasteiger partial charge in [0.2, 0.25) is 11.8 Å². The Labute approximate surface area is 201 Å². The second-order valence-electron chi connectivity index (χ2n) is 9.45. The van der Waals surface area contributed by atoms with E-state index >= 15 is 0 Å². The number of carbonyl (C=O) groups is 5. The number of imide groups is 1. The zero-order chi connectivity index (χ0) is 25.3. The topological polar surface area (TPSA) is 116 Å². The number of likely N-dealkylation sites (tertiary alicyclic amines) is 1. The van der Waals surface area contributed by atoms with Gasteiger partial charge in [-0.3, -0.25) is 28.9 Å². The van der Waals surface area contributed by atoms with Crippen LogP contribution in [0.3, 0.4) is 0 Å². The van der Waals surface area contributed by atoms with Crippen molar-refractivity contribution >= 4 is 29.5 Å². The van der Waals surface area contributed by atoms with Crippen LogP contribution < -0.4 is 0 Å². The summed E-state index contributed by atoms with van der Waals surface area (Å²) in [6.45, 7) is 8.14. The average Bonchev–Trinajstić information content (AvgIpc) is 2.75. The molecule has 0 radical (unpaired) electrons. The van der Waals surface area contributed by atoms with Crippen LogP contribution in [-0.4, -0.2) is 66.9 Å². The van der Waals surface area contributed by atoms with Crippen LogP contribution in [0.5, 0.6) is 0 Å². The lowest BCUT2D eigenvalue weighted by molar-refractivity contribution is -0.152. The summed E-state index contributed by atoms with van der Waals surface area (Å²) in [5.41, 5.74) is 0. The number of ether oxygens (including phenoxy) is 3. The van der Waals surface area contributed by atoms with Crippen molar-refractivity contribution in [2.75, 3.05) is 26.4 Å². The molecule has 2 amide bonds. The van der Waals surface area contributed by atoms with Crippen LogP contribution in [0, 0.1) is 23.7 Å². The van der Waals surface area contributed by atoms with Crippen molar-refractivity contribution in [1.29, 1.82) is 0 Å². The summed E-state index contributed by atoms with van der Waals surface area (Å²) in [6.07, 6.45) is 1.80. The van der Waals surface area contributed by atoms with E-state index in [0.717, 1.165) is 11.3 Å². The molecule has 9 nitrogen and oxygen atoms in total. The summed E-state index contributed by atoms with van der Waals surface area (Å²) in [4.78, 5) is 62.8. The number of esters is 2. The van der Waals surface area contributed by atoms with Crippen molar-refractivity contribution in [2.24, 2.45) is 23.7 Å². The van der Waals surface area contributed by atoms with E-state index in [9.17, 15) is 24.0 Å². The second kappa shape index (κ2) is 13.6. The van der Waals surface area contributed by atoms with Gasteiger partial charge in [-0.25, -0.2) is 0 Å². The molecule has 1 saturated carbocycles. The first-order valence-electron chi connectivity index (χ1n) is 12.5. The zero-order valence-electron chi connectivity index (χ0n) is 20.9. The van der Waals surface area contributed by atoms with Gasteiger partial charge in [0, 0.05) is 31.2 Å². The highest BCUT2D eigenvalue weighted by atomic mass is 16.5. The molecule has 2 aliphatic rings. The number of nitrogens with zero attached hydrogens (tertiary/aromatic N) is 1. The highest BCUT2D eigenvalue weighted by Gasteiger charge is 2.41. The molecule has 4 atom stereocenters. The minimum absolute atomic E-state index is 0.0127. The third-order valence-electron chi connectivity index (χ3n) is 6.59. The molecule has 0 N–H and O–H groups in total. The molecular formula is C25H39NO8. The fraction of sp³-hybridized carbons (Fsp3) is 0.800. The standard InChI is InChI=1S/C25H39NO8/c1-5-32-23(29)7-9-26-21(27)14-18(15-22(26)28)13-20(34-10-8-24(30)33-6-2)19-12-16(3)11-17(4)25(19)31/h16-20H,5-15H2,1-4H3/t16-,17?,19?,20+/m0/s1. The maximum absolute atomic E-state index is 13.0. The maximum atomic E-state index is 13.0. The summed E-state index contributed by atoms with van der Waals surface area (Å²) in [7, 11) is 0. The molecule has 9 heteroatoms. The Morgan fingerprint density at radius 3 is 2.12 bits per heavy atom. The van der Waals surface area contributed by atoms with E-state index in [0.29, 0.717) is 18.8 Å². The van der Waals surface area contributed by atoms with Crippen molar-refractivity contribution < 1.29 is 38.2 Å². The van der Waals surface area contributed by atoms with Crippen LogP contribution in [0.1, 0.15) is 72.6 Å². The van der Waals surface area contributed by atoms with Crippen LogP contribution in [-0.2, 0) is 38.2 Å². The highest BCUT2D eigenvalue weighted by molar-refractivity contribution is 5.98. The molecule has 0 spiro atoms. The number of carbonyl (C=O) groups excluding carboxylic acids is 5. The summed E-state index contributed by atoms with van der Waals surface area (Å²) in [5, 5.41) is 0. The molecule has 1 heterocycles. The molecule has 1 aliphatic heterocycles. The molecule has 1 saturated heterocycles. The van der Waals surface area contributed by atoms with E-state index in [4.69, 9.17) is 14.2 Å². The van der Waals surface area contributed by atoms with Gasteiger partial charge in [-0.15, -0.1) is 0 Å². The molecule has 1 aliphatic carbocycles. The molecule has 0 bridgehead atoms. The molecule has 0 aromatic rings. The van der Waals surface area contributed by atoms with Crippen LogP contribution in [0.25, 0.3) is 0 Å². The first kappa shape index (κ1) is 28.0. The number of ketones is 1. The minimum Gasteiger partial charge on any atom is -0.466 e. The predicted molar refractivity (Wildman–Crippen MR) is 122 cm³/mol. The Balaban J connectivity index is 2.03. The molecule has 192 valence electrons. The lowest BCUT2D eigenvalue weighted by Gasteiger charge is -2.38.